The first-order chi connectivity index (χ1) is 9.24. The highest BCUT2D eigenvalue weighted by atomic mass is 16.5. The highest BCUT2D eigenvalue weighted by molar-refractivity contribution is 5.99. The fourth-order valence-corrected chi connectivity index (χ4v) is 3.68. The lowest BCUT2D eigenvalue weighted by atomic mass is 9.90. The van der Waals surface area contributed by atoms with E-state index in [-0.39, 0.29) is 29.9 Å². The maximum absolute atomic E-state index is 12.6. The molecule has 0 spiro atoms. The van der Waals surface area contributed by atoms with E-state index < -0.39 is 0 Å². The highest BCUT2D eigenvalue weighted by Gasteiger charge is 2.50. The number of amides is 3. The van der Waals surface area contributed by atoms with Crippen molar-refractivity contribution in [1.82, 2.24) is 9.80 Å². The van der Waals surface area contributed by atoms with Gasteiger partial charge in [-0.1, -0.05) is 19.3 Å². The molecule has 3 amide bonds. The van der Waals surface area contributed by atoms with Crippen molar-refractivity contribution in [2.75, 3.05) is 19.8 Å². The Bertz CT molecular complexity index is 379. The topological polar surface area (TPSA) is 49.9 Å². The van der Waals surface area contributed by atoms with Crippen LogP contribution in [-0.4, -0.2) is 53.6 Å². The summed E-state index contributed by atoms with van der Waals surface area (Å²) in [6, 6.07) is -0.0136. The van der Waals surface area contributed by atoms with Crippen molar-refractivity contribution in [2.45, 2.75) is 51.1 Å². The van der Waals surface area contributed by atoms with Crippen LogP contribution >= 0.6 is 0 Å². The van der Waals surface area contributed by atoms with Crippen LogP contribution in [0, 0.1) is 5.92 Å². The van der Waals surface area contributed by atoms with E-state index in [2.05, 4.69) is 0 Å². The van der Waals surface area contributed by atoms with E-state index in [4.69, 9.17) is 4.74 Å². The quantitative estimate of drug-likeness (QED) is 0.763. The van der Waals surface area contributed by atoms with Crippen LogP contribution in [0.15, 0.2) is 0 Å². The zero-order chi connectivity index (χ0) is 13.4. The monoisotopic (exact) mass is 266 g/mol. The van der Waals surface area contributed by atoms with Crippen molar-refractivity contribution < 1.29 is 14.3 Å². The minimum atomic E-state index is -0.139. The number of imide groups is 1. The average molecular weight is 266 g/mol. The predicted octanol–water partition coefficient (Wildman–Crippen LogP) is 1.62. The van der Waals surface area contributed by atoms with E-state index in [9.17, 15) is 9.59 Å². The number of carbonyl (C=O) groups excluding carboxylic acids is 2. The van der Waals surface area contributed by atoms with Crippen LogP contribution in [0.5, 0.6) is 0 Å². The van der Waals surface area contributed by atoms with Gasteiger partial charge in [0.1, 0.15) is 0 Å². The number of nitrogens with zero attached hydrogens (tertiary/aromatic N) is 2. The number of likely N-dealkylation sites (N-methyl/N-ethyl adjacent to an activating group) is 1. The Labute approximate surface area is 113 Å². The van der Waals surface area contributed by atoms with Gasteiger partial charge in [0, 0.05) is 12.6 Å². The van der Waals surface area contributed by atoms with Gasteiger partial charge in [0.05, 0.1) is 25.2 Å². The van der Waals surface area contributed by atoms with Crippen molar-refractivity contribution in [3.05, 3.63) is 0 Å². The first-order valence-corrected chi connectivity index (χ1v) is 7.45. The molecule has 3 rings (SSSR count). The Kier molecular flexibility index (Phi) is 3.48. The molecule has 5 nitrogen and oxygen atoms in total. The van der Waals surface area contributed by atoms with E-state index in [1.165, 1.54) is 6.42 Å². The summed E-state index contributed by atoms with van der Waals surface area (Å²) in [7, 11) is 0. The number of rotatable bonds is 2. The molecule has 3 fully saturated rings. The number of ether oxygens (including phenoxy) is 1. The molecule has 1 saturated carbocycles. The first-order valence-electron chi connectivity index (χ1n) is 7.45. The molecule has 2 heterocycles. The molecule has 3 aliphatic rings. The number of hydrogen-bond donors (Lipinski definition) is 0. The zero-order valence-electron chi connectivity index (χ0n) is 11.5. The van der Waals surface area contributed by atoms with Gasteiger partial charge >= 0.3 is 6.03 Å². The van der Waals surface area contributed by atoms with Gasteiger partial charge in [0.15, 0.2) is 0 Å². The number of urea groups is 1. The predicted molar refractivity (Wildman–Crippen MR) is 69.6 cm³/mol. The van der Waals surface area contributed by atoms with Gasteiger partial charge in [0.2, 0.25) is 5.91 Å². The molecule has 2 aliphatic heterocycles. The molecule has 19 heavy (non-hydrogen) atoms. The van der Waals surface area contributed by atoms with E-state index in [1.807, 2.05) is 11.8 Å². The number of hydrogen-bond acceptors (Lipinski definition) is 3. The molecule has 106 valence electrons. The lowest BCUT2D eigenvalue weighted by molar-refractivity contribution is -0.140. The summed E-state index contributed by atoms with van der Waals surface area (Å²) in [6.07, 6.45) is 5.40. The molecular weight excluding hydrogens is 244 g/mol. The SMILES string of the molecule is CCN1C(=O)N(C2CCCCC2)C(=O)C2COCC21. The fraction of sp³-hybridized carbons (Fsp3) is 0.857. The van der Waals surface area contributed by atoms with Crippen LogP contribution in [-0.2, 0) is 9.53 Å². The van der Waals surface area contributed by atoms with Gasteiger partial charge in [0.25, 0.3) is 0 Å². The van der Waals surface area contributed by atoms with Crippen LogP contribution < -0.4 is 0 Å². The van der Waals surface area contributed by atoms with E-state index in [0.717, 1.165) is 25.7 Å². The number of carbonyl (C=O) groups is 2. The fourth-order valence-electron chi connectivity index (χ4n) is 3.68. The molecule has 0 aromatic carbocycles. The molecular formula is C14H22N2O3. The summed E-state index contributed by atoms with van der Waals surface area (Å²) in [6.45, 7) is 3.60. The summed E-state index contributed by atoms with van der Waals surface area (Å²) in [5.41, 5.74) is 0. The van der Waals surface area contributed by atoms with Crippen molar-refractivity contribution in [3.8, 4) is 0 Å². The average Bonchev–Trinajstić information content (AvgIpc) is 2.90. The Morgan fingerprint density at radius 1 is 1.16 bits per heavy atom. The molecule has 0 radical (unpaired) electrons. The minimum absolute atomic E-state index is 0.00380. The second-order valence-electron chi connectivity index (χ2n) is 5.78. The summed E-state index contributed by atoms with van der Waals surface area (Å²) >= 11 is 0. The lowest BCUT2D eigenvalue weighted by Crippen LogP contribution is -2.63. The van der Waals surface area contributed by atoms with Crippen LogP contribution in [0.1, 0.15) is 39.0 Å². The molecule has 1 aliphatic carbocycles. The van der Waals surface area contributed by atoms with Crippen LogP contribution in [0.3, 0.4) is 0 Å². The number of fused-ring (bicyclic) bond motifs is 1. The third-order valence-electron chi connectivity index (χ3n) is 4.74. The van der Waals surface area contributed by atoms with Gasteiger partial charge < -0.3 is 9.64 Å². The van der Waals surface area contributed by atoms with E-state index in [0.29, 0.717) is 19.8 Å². The van der Waals surface area contributed by atoms with Gasteiger partial charge in [-0.2, -0.15) is 0 Å². The van der Waals surface area contributed by atoms with E-state index in [1.54, 1.807) is 4.90 Å². The normalized spacial score (nSPS) is 32.9. The molecule has 0 N–H and O–H groups in total. The third kappa shape index (κ3) is 2.04. The van der Waals surface area contributed by atoms with Crippen molar-refractivity contribution in [3.63, 3.8) is 0 Å². The lowest BCUT2D eigenvalue weighted by Gasteiger charge is -2.44. The van der Waals surface area contributed by atoms with E-state index >= 15 is 0 Å². The van der Waals surface area contributed by atoms with Crippen molar-refractivity contribution in [2.24, 2.45) is 5.92 Å². The van der Waals surface area contributed by atoms with Crippen molar-refractivity contribution >= 4 is 11.9 Å². The maximum atomic E-state index is 12.6. The summed E-state index contributed by atoms with van der Waals surface area (Å²) in [5.74, 6) is -0.135. The van der Waals surface area contributed by atoms with Crippen LogP contribution in [0.2, 0.25) is 0 Å². The van der Waals surface area contributed by atoms with Crippen LogP contribution in [0.25, 0.3) is 0 Å². The Morgan fingerprint density at radius 2 is 1.89 bits per heavy atom. The molecule has 0 aromatic rings. The first kappa shape index (κ1) is 12.9. The Hall–Kier alpha value is -1.10. The van der Waals surface area contributed by atoms with Gasteiger partial charge in [-0.05, 0) is 19.8 Å². The van der Waals surface area contributed by atoms with Gasteiger partial charge in [-0.3, -0.25) is 9.69 Å². The smallest absolute Gasteiger partial charge is 0.327 e. The molecule has 0 bridgehead atoms. The standard InChI is InChI=1S/C14H22N2O3/c1-2-15-12-9-19-8-11(12)13(17)16(14(15)18)10-6-4-3-5-7-10/h10-12H,2-9H2,1H3. The summed E-state index contributed by atoms with van der Waals surface area (Å²) < 4.78 is 5.44. The zero-order valence-corrected chi connectivity index (χ0v) is 11.5. The molecule has 2 unspecified atom stereocenters. The van der Waals surface area contributed by atoms with Crippen molar-refractivity contribution in [1.29, 1.82) is 0 Å². The minimum Gasteiger partial charge on any atom is -0.378 e. The highest BCUT2D eigenvalue weighted by Crippen LogP contribution is 2.33. The third-order valence-corrected chi connectivity index (χ3v) is 4.74. The summed E-state index contributed by atoms with van der Waals surface area (Å²) in [4.78, 5) is 28.5. The second kappa shape index (κ2) is 5.12. The van der Waals surface area contributed by atoms with Crippen LogP contribution in [0.4, 0.5) is 4.79 Å². The second-order valence-corrected chi connectivity index (χ2v) is 5.78. The largest absolute Gasteiger partial charge is 0.378 e. The molecule has 2 atom stereocenters. The summed E-state index contributed by atoms with van der Waals surface area (Å²) in [5, 5.41) is 0. The Morgan fingerprint density at radius 3 is 2.58 bits per heavy atom. The Balaban J connectivity index is 1.85. The van der Waals surface area contributed by atoms with Gasteiger partial charge in [-0.15, -0.1) is 0 Å². The molecule has 5 heteroatoms. The maximum Gasteiger partial charge on any atom is 0.327 e. The van der Waals surface area contributed by atoms with Gasteiger partial charge in [-0.25, -0.2) is 4.79 Å². The molecule has 2 saturated heterocycles. The molecule has 0 aromatic heterocycles.